The number of para-hydroxylation sites is 1. The highest BCUT2D eigenvalue weighted by Gasteiger charge is 2.43. The fourth-order valence-electron chi connectivity index (χ4n) is 9.79. The number of carbonyl (C=O) groups is 11. The van der Waals surface area contributed by atoms with Gasteiger partial charge in [0.05, 0.1) is 18.6 Å². The number of primary amides is 2. The molecule has 0 bridgehead atoms. The molecule has 482 valence electrons. The van der Waals surface area contributed by atoms with Crippen LogP contribution >= 0.6 is 0 Å². The molecule has 12 amide bonds. The van der Waals surface area contributed by atoms with Crippen molar-refractivity contribution in [3.05, 3.63) is 102 Å². The molecule has 3 aromatic carbocycles. The van der Waals surface area contributed by atoms with Crippen molar-refractivity contribution in [1.82, 2.24) is 68.6 Å². The van der Waals surface area contributed by atoms with Gasteiger partial charge in [-0.15, -0.1) is 0 Å². The number of urea groups is 1. The fraction of sp³-hybridized carbons (Fsp3) is 0.448. The zero-order valence-electron chi connectivity index (χ0n) is 49.7. The van der Waals surface area contributed by atoms with Crippen LogP contribution in [0.5, 0.6) is 5.75 Å². The number of nitrogens with zero attached hydrogens (tertiary/aromatic N) is 1. The second kappa shape index (κ2) is 33.3. The molecule has 1 saturated heterocycles. The van der Waals surface area contributed by atoms with Crippen LogP contribution in [-0.4, -0.2) is 177 Å². The summed E-state index contributed by atoms with van der Waals surface area (Å²) in [6, 6.07) is 4.44. The molecule has 89 heavy (non-hydrogen) atoms. The van der Waals surface area contributed by atoms with E-state index in [4.69, 9.17) is 16.9 Å². The van der Waals surface area contributed by atoms with E-state index >= 15 is 0 Å². The molecule has 0 spiro atoms. The van der Waals surface area contributed by atoms with Crippen LogP contribution in [0.4, 0.5) is 9.18 Å². The van der Waals surface area contributed by atoms with E-state index < -0.39 is 144 Å². The third-order valence-electron chi connectivity index (χ3n) is 14.2. The van der Waals surface area contributed by atoms with Crippen LogP contribution in [0.25, 0.3) is 10.9 Å². The number of phenols is 1. The van der Waals surface area contributed by atoms with Gasteiger partial charge in [-0.1, -0.05) is 56.3 Å². The maximum absolute atomic E-state index is 14.5. The summed E-state index contributed by atoms with van der Waals surface area (Å²) >= 11 is 0. The highest BCUT2D eigenvalue weighted by atomic mass is 19.1. The molecule has 1 fully saturated rings. The first-order chi connectivity index (χ1) is 42.1. The lowest BCUT2D eigenvalue weighted by Gasteiger charge is -2.30. The van der Waals surface area contributed by atoms with Crippen LogP contribution in [0, 0.1) is 17.1 Å². The van der Waals surface area contributed by atoms with Crippen LogP contribution in [-0.2, 0) is 67.2 Å². The number of likely N-dealkylation sites (tertiary alicyclic amines) is 1. The first-order valence-electron chi connectivity index (χ1n) is 28.6. The van der Waals surface area contributed by atoms with Gasteiger partial charge >= 0.3 is 6.03 Å². The largest absolute Gasteiger partial charge is 0.508 e. The smallest absolute Gasteiger partial charge is 0.334 e. The number of aliphatic hydroxyl groups is 2. The zero-order chi connectivity index (χ0) is 65.6. The topological polar surface area (TPSA) is 476 Å². The number of aromatic amines is 1. The molecular weight excluding hydrogens is 1160 g/mol. The van der Waals surface area contributed by atoms with E-state index in [0.717, 1.165) is 41.8 Å². The number of hydrazine groups is 1. The SMILES string of the molecule is CNC(=N)NCCC[C@H](NC(=O)[C@H](CC(C)C)NC(=O)NNC(=O)[C@H](Cc1cccc(F)c1)NC(=O)C(NC(=O)[C@H](CC(N)=O)NC(=O)[C@@H]1C[C@@H](O)CN1C(=O)[C@@H](Cc1ccc(O)cc1)NC(C)=O)[C@@H](C)O)C(=O)N[C@@H](Cc1c[nH]c2ccccc12)C(N)=O. The molecule has 0 aliphatic carbocycles. The number of phenolic OH excluding ortho intramolecular Hbond substituents is 1. The summed E-state index contributed by atoms with van der Waals surface area (Å²) in [6.45, 7) is 5.51. The Balaban J connectivity index is 1.29. The minimum Gasteiger partial charge on any atom is -0.508 e. The van der Waals surface area contributed by atoms with Gasteiger partial charge in [0, 0.05) is 69.8 Å². The van der Waals surface area contributed by atoms with Crippen molar-refractivity contribution < 1.29 is 72.4 Å². The number of benzene rings is 3. The van der Waals surface area contributed by atoms with Crippen LogP contribution in [0.1, 0.15) is 76.5 Å². The first kappa shape index (κ1) is 69.9. The van der Waals surface area contributed by atoms with Gasteiger partial charge in [-0.25, -0.2) is 14.6 Å². The van der Waals surface area contributed by atoms with E-state index in [1.807, 2.05) is 18.2 Å². The second-order valence-electron chi connectivity index (χ2n) is 21.9. The molecule has 30 nitrogen and oxygen atoms in total. The van der Waals surface area contributed by atoms with Crippen molar-refractivity contribution in [3.8, 4) is 5.75 Å². The summed E-state index contributed by atoms with van der Waals surface area (Å²) in [7, 11) is 1.53. The van der Waals surface area contributed by atoms with Gasteiger partial charge in [-0.3, -0.25) is 58.8 Å². The number of β-amino-alcohol motifs (C(OH)–C–C–N with tert-alkyl or cyclic N) is 1. The maximum Gasteiger partial charge on any atom is 0.334 e. The van der Waals surface area contributed by atoms with Crippen molar-refractivity contribution >= 4 is 82.0 Å². The second-order valence-corrected chi connectivity index (χ2v) is 21.9. The molecule has 1 aromatic heterocycles. The molecule has 10 atom stereocenters. The number of rotatable bonds is 30. The third-order valence-corrected chi connectivity index (χ3v) is 14.2. The van der Waals surface area contributed by atoms with E-state index in [-0.39, 0.29) is 74.8 Å². The molecule has 1 unspecified atom stereocenters. The number of guanidine groups is 1. The highest BCUT2D eigenvalue weighted by Crippen LogP contribution is 2.23. The lowest BCUT2D eigenvalue weighted by Crippen LogP contribution is -2.62. The van der Waals surface area contributed by atoms with E-state index in [0.29, 0.717) is 11.1 Å². The molecule has 2 heterocycles. The average molecular weight is 1240 g/mol. The number of hydrogen-bond donors (Lipinski definition) is 18. The monoisotopic (exact) mass is 1240 g/mol. The quantitative estimate of drug-likeness (QED) is 0.0107. The van der Waals surface area contributed by atoms with Gasteiger partial charge in [0.25, 0.3) is 5.91 Å². The summed E-state index contributed by atoms with van der Waals surface area (Å²) < 4.78 is 14.5. The minimum atomic E-state index is -1.97. The summed E-state index contributed by atoms with van der Waals surface area (Å²) in [5.41, 5.74) is 17.6. The number of aromatic nitrogens is 1. The fourth-order valence-corrected chi connectivity index (χ4v) is 9.79. The molecule has 20 N–H and O–H groups in total. The highest BCUT2D eigenvalue weighted by molar-refractivity contribution is 5.99. The van der Waals surface area contributed by atoms with Gasteiger partial charge in [-0.2, -0.15) is 0 Å². The molecule has 5 rings (SSSR count). The van der Waals surface area contributed by atoms with Gasteiger partial charge < -0.3 is 84.5 Å². The van der Waals surface area contributed by atoms with Gasteiger partial charge in [-0.05, 0) is 79.1 Å². The predicted octanol–water partition coefficient (Wildman–Crippen LogP) is -3.06. The van der Waals surface area contributed by atoms with E-state index in [2.05, 4.69) is 63.7 Å². The van der Waals surface area contributed by atoms with E-state index in [9.17, 15) is 72.4 Å². The number of hydrogen-bond acceptors (Lipinski definition) is 15. The lowest BCUT2D eigenvalue weighted by molar-refractivity contribution is -0.142. The normalized spacial score (nSPS) is 16.3. The summed E-state index contributed by atoms with van der Waals surface area (Å²) in [5.74, 6) is -10.8. The molecule has 1 aliphatic rings. The molecule has 31 heteroatoms. The van der Waals surface area contributed by atoms with Crippen LogP contribution in [0.15, 0.2) is 79.0 Å². The van der Waals surface area contributed by atoms with Crippen LogP contribution in [0.2, 0.25) is 0 Å². The van der Waals surface area contributed by atoms with Crippen LogP contribution < -0.4 is 70.2 Å². The Kier molecular flexibility index (Phi) is 26.1. The van der Waals surface area contributed by atoms with Crippen molar-refractivity contribution in [3.63, 3.8) is 0 Å². The number of nitrogens with one attached hydrogen (secondary N) is 13. The van der Waals surface area contributed by atoms with Crippen molar-refractivity contribution in [2.24, 2.45) is 17.4 Å². The number of nitrogens with two attached hydrogens (primary N) is 2. The standard InChI is InChI=1S/C58H79FN16O14/c1-29(2)20-42(51(83)67-40(14-9-19-64-57(62)63-5)50(82)68-41(49(61)81)24-34-27-65-39-13-7-6-12-38(34)39)71-58(89)74-73-53(85)43(23-33-10-8-11-35(59)21-33)70-55(87)48(30(3)76)72-52(84)44(26-47(60)80)69-54(86)46-25-37(79)28-75(46)56(88)45(66-31(4)77)22-32-15-17-36(78)18-16-32/h6-8,10-13,15-18,21,27,29-30,37,40-46,48,65,76,78-79H,9,14,19-20,22-26,28H2,1-5H3,(H2,60,80)(H2,61,81)(H,66,77)(H,67,83)(H,68,82)(H,69,86)(H,70,87)(H,72,84)(H,73,85)(H3,62,63,64)(H2,71,74,89)/t30-,37-,40+,41+,42+,43+,44+,45-,46+,48?/m1/s1. The predicted molar refractivity (Wildman–Crippen MR) is 319 cm³/mol. The van der Waals surface area contributed by atoms with Gasteiger partial charge in [0.15, 0.2) is 5.96 Å². The van der Waals surface area contributed by atoms with Crippen molar-refractivity contribution in [1.29, 1.82) is 5.41 Å². The molecule has 1 aliphatic heterocycles. The summed E-state index contributed by atoms with van der Waals surface area (Å²) in [6.07, 6.45) is -3.02. The maximum atomic E-state index is 14.5. The Morgan fingerprint density at radius 2 is 1.37 bits per heavy atom. The van der Waals surface area contributed by atoms with E-state index in [1.165, 1.54) is 43.4 Å². The number of amides is 12. The Bertz CT molecular complexity index is 3200. The molecule has 0 radical (unpaired) electrons. The lowest BCUT2D eigenvalue weighted by atomic mass is 10.0. The van der Waals surface area contributed by atoms with Gasteiger partial charge in [0.1, 0.15) is 59.9 Å². The third kappa shape index (κ3) is 21.8. The number of halogens is 1. The van der Waals surface area contributed by atoms with Crippen LogP contribution in [0.3, 0.4) is 0 Å². The number of carbonyl (C=O) groups excluding carboxylic acids is 11. The molecule has 0 saturated carbocycles. The zero-order valence-corrected chi connectivity index (χ0v) is 49.7. The Hall–Kier alpha value is -9.91. The Morgan fingerprint density at radius 1 is 0.719 bits per heavy atom. The molecule has 4 aromatic rings. The molecular formula is C58H79FN16O14. The minimum absolute atomic E-state index is 0.00287. The number of H-pyrrole nitrogens is 1. The number of aromatic hydroxyl groups is 1. The summed E-state index contributed by atoms with van der Waals surface area (Å²) in [4.78, 5) is 153. The van der Waals surface area contributed by atoms with Crippen molar-refractivity contribution in [2.75, 3.05) is 20.1 Å². The van der Waals surface area contributed by atoms with Gasteiger partial charge in [0.2, 0.25) is 53.2 Å². The number of aliphatic hydroxyl groups excluding tert-OH is 2. The Morgan fingerprint density at radius 3 is 2.01 bits per heavy atom. The first-order valence-corrected chi connectivity index (χ1v) is 28.6. The average Bonchev–Trinajstić information content (AvgIpc) is 1.97. The Labute approximate surface area is 511 Å². The van der Waals surface area contributed by atoms with Crippen molar-refractivity contribution in [2.45, 2.75) is 140 Å². The number of fused-ring (bicyclic) bond motifs is 1. The summed E-state index contributed by atoms with van der Waals surface area (Å²) in [5, 5.41) is 62.5. The van der Waals surface area contributed by atoms with E-state index in [1.54, 1.807) is 26.1 Å².